The molecule has 0 saturated carbocycles. The van der Waals surface area contributed by atoms with Crippen LogP contribution in [0.4, 0.5) is 0 Å². The van der Waals surface area contributed by atoms with E-state index in [2.05, 4.69) is 32.3 Å². The van der Waals surface area contributed by atoms with Gasteiger partial charge in [0.05, 0.1) is 6.10 Å². The van der Waals surface area contributed by atoms with Crippen molar-refractivity contribution in [2.75, 3.05) is 20.2 Å². The summed E-state index contributed by atoms with van der Waals surface area (Å²) in [4.78, 5) is 2.61. The molecule has 2 atom stereocenters. The van der Waals surface area contributed by atoms with Crippen LogP contribution in [0.3, 0.4) is 0 Å². The van der Waals surface area contributed by atoms with Crippen molar-refractivity contribution >= 4 is 0 Å². The van der Waals surface area contributed by atoms with Gasteiger partial charge in [-0.05, 0) is 24.7 Å². The van der Waals surface area contributed by atoms with Gasteiger partial charge in [0.15, 0.2) is 0 Å². The van der Waals surface area contributed by atoms with E-state index in [1.165, 1.54) is 25.0 Å². The molecule has 0 N–H and O–H groups in total. The van der Waals surface area contributed by atoms with Crippen LogP contribution in [0.15, 0.2) is 12.2 Å². The summed E-state index contributed by atoms with van der Waals surface area (Å²) in [6, 6.07) is 0. The highest BCUT2D eigenvalue weighted by atomic mass is 16.5. The Kier molecular flexibility index (Phi) is 2.92. The average Bonchev–Trinajstić information content (AvgIpc) is 2.62. The molecule has 0 spiro atoms. The number of ether oxygens (including phenoxy) is 1. The molecule has 2 heteroatoms. The van der Waals surface area contributed by atoms with Crippen molar-refractivity contribution in [3.05, 3.63) is 12.2 Å². The minimum atomic E-state index is 0.235. The third-order valence-electron chi connectivity index (χ3n) is 4.09. The normalized spacial score (nSPS) is 35.8. The van der Waals surface area contributed by atoms with Crippen LogP contribution in [0.5, 0.6) is 0 Å². The van der Waals surface area contributed by atoms with Gasteiger partial charge >= 0.3 is 0 Å². The van der Waals surface area contributed by atoms with E-state index >= 15 is 0 Å². The molecule has 0 aromatic rings. The van der Waals surface area contributed by atoms with Gasteiger partial charge in [0.1, 0.15) is 0 Å². The number of hydrogen-bond acceptors (Lipinski definition) is 2. The minimum Gasteiger partial charge on any atom is -0.380 e. The van der Waals surface area contributed by atoms with Crippen LogP contribution in [-0.2, 0) is 4.74 Å². The van der Waals surface area contributed by atoms with Crippen molar-refractivity contribution in [1.82, 2.24) is 4.90 Å². The van der Waals surface area contributed by atoms with Crippen molar-refractivity contribution in [2.24, 2.45) is 5.41 Å². The fraction of sp³-hybridized carbons (Fsp3) is 0.857. The maximum absolute atomic E-state index is 5.55. The third-order valence-corrected chi connectivity index (χ3v) is 4.09. The zero-order valence-electron chi connectivity index (χ0n) is 11.2. The van der Waals surface area contributed by atoms with Crippen LogP contribution in [0.1, 0.15) is 40.0 Å². The molecule has 0 aromatic carbocycles. The molecule has 0 aliphatic carbocycles. The molecular formula is C14H25NO. The monoisotopic (exact) mass is 223 g/mol. The highest BCUT2D eigenvalue weighted by Gasteiger charge is 2.52. The van der Waals surface area contributed by atoms with Gasteiger partial charge < -0.3 is 4.74 Å². The summed E-state index contributed by atoms with van der Waals surface area (Å²) in [6.45, 7) is 13.6. The Morgan fingerprint density at radius 3 is 2.75 bits per heavy atom. The third kappa shape index (κ3) is 1.93. The zero-order chi connectivity index (χ0) is 12.0. The minimum absolute atomic E-state index is 0.235. The fourth-order valence-corrected chi connectivity index (χ4v) is 3.51. The number of rotatable bonds is 2. The summed E-state index contributed by atoms with van der Waals surface area (Å²) in [5, 5.41) is 0. The van der Waals surface area contributed by atoms with Gasteiger partial charge in [-0.3, -0.25) is 4.90 Å². The summed E-state index contributed by atoms with van der Waals surface area (Å²) < 4.78 is 5.55. The Bertz CT molecular complexity index is 292. The molecule has 16 heavy (non-hydrogen) atoms. The Hall–Kier alpha value is -0.340. The number of hydrogen-bond donors (Lipinski definition) is 0. The fourth-order valence-electron chi connectivity index (χ4n) is 3.51. The topological polar surface area (TPSA) is 12.5 Å². The molecule has 1 unspecified atom stereocenters. The highest BCUT2D eigenvalue weighted by molar-refractivity contribution is 5.27. The van der Waals surface area contributed by atoms with Gasteiger partial charge in [0.25, 0.3) is 0 Å². The number of nitrogens with zero attached hydrogens (tertiary/aromatic N) is 1. The van der Waals surface area contributed by atoms with Crippen LogP contribution >= 0.6 is 0 Å². The summed E-state index contributed by atoms with van der Waals surface area (Å²) >= 11 is 0. The predicted molar refractivity (Wildman–Crippen MR) is 67.5 cm³/mol. The van der Waals surface area contributed by atoms with Crippen molar-refractivity contribution < 1.29 is 4.74 Å². The maximum Gasteiger partial charge on any atom is 0.0719 e. The Morgan fingerprint density at radius 1 is 1.50 bits per heavy atom. The molecule has 2 saturated heterocycles. The quantitative estimate of drug-likeness (QED) is 0.667. The molecule has 2 rings (SSSR count). The van der Waals surface area contributed by atoms with Gasteiger partial charge in [-0.1, -0.05) is 32.9 Å². The van der Waals surface area contributed by atoms with E-state index in [1.807, 2.05) is 7.11 Å². The molecule has 2 nitrogen and oxygen atoms in total. The Labute approximate surface area is 99.7 Å². The second-order valence-corrected chi connectivity index (χ2v) is 6.63. The summed E-state index contributed by atoms with van der Waals surface area (Å²) in [6.07, 6.45) is 3.92. The number of methoxy groups -OCH3 is 1. The maximum atomic E-state index is 5.55. The summed E-state index contributed by atoms with van der Waals surface area (Å²) in [7, 11) is 1.83. The molecule has 2 aliphatic heterocycles. The van der Waals surface area contributed by atoms with Crippen molar-refractivity contribution in [1.29, 1.82) is 0 Å². The van der Waals surface area contributed by atoms with E-state index in [0.29, 0.717) is 11.5 Å². The van der Waals surface area contributed by atoms with Crippen LogP contribution in [-0.4, -0.2) is 36.7 Å². The van der Waals surface area contributed by atoms with Crippen molar-refractivity contribution in [3.63, 3.8) is 0 Å². The van der Waals surface area contributed by atoms with Gasteiger partial charge in [0, 0.05) is 25.7 Å². The van der Waals surface area contributed by atoms with Gasteiger partial charge in [-0.25, -0.2) is 0 Å². The lowest BCUT2D eigenvalue weighted by atomic mass is 9.75. The van der Waals surface area contributed by atoms with Crippen LogP contribution in [0.25, 0.3) is 0 Å². The molecule has 0 radical (unpaired) electrons. The smallest absolute Gasteiger partial charge is 0.0719 e. The van der Waals surface area contributed by atoms with Crippen LogP contribution in [0.2, 0.25) is 0 Å². The lowest BCUT2D eigenvalue weighted by Crippen LogP contribution is -2.42. The average molecular weight is 223 g/mol. The van der Waals surface area contributed by atoms with E-state index in [4.69, 9.17) is 4.74 Å². The lowest BCUT2D eigenvalue weighted by molar-refractivity contribution is 0.108. The van der Waals surface area contributed by atoms with E-state index in [-0.39, 0.29) is 5.54 Å². The first-order chi connectivity index (χ1) is 7.37. The molecule has 0 aromatic heterocycles. The predicted octanol–water partition coefficient (Wildman–Crippen LogP) is 2.84. The molecular weight excluding hydrogens is 198 g/mol. The molecule has 2 aliphatic rings. The largest absolute Gasteiger partial charge is 0.380 e. The van der Waals surface area contributed by atoms with Gasteiger partial charge in [0.2, 0.25) is 0 Å². The highest BCUT2D eigenvalue weighted by Crippen LogP contribution is 2.48. The molecule has 92 valence electrons. The second-order valence-electron chi connectivity index (χ2n) is 6.63. The van der Waals surface area contributed by atoms with Gasteiger partial charge in [-0.2, -0.15) is 0 Å². The van der Waals surface area contributed by atoms with E-state index in [9.17, 15) is 0 Å². The zero-order valence-corrected chi connectivity index (χ0v) is 11.2. The molecule has 2 fully saturated rings. The second kappa shape index (κ2) is 3.85. The Balaban J connectivity index is 2.23. The van der Waals surface area contributed by atoms with Gasteiger partial charge in [-0.15, -0.1) is 0 Å². The lowest BCUT2D eigenvalue weighted by Gasteiger charge is -2.38. The first kappa shape index (κ1) is 12.1. The molecule has 0 amide bonds. The SMILES string of the molecule is C=C1CCN2C[C@H](OC)CC12CC(C)(C)C. The molecule has 2 heterocycles. The van der Waals surface area contributed by atoms with Crippen molar-refractivity contribution in [2.45, 2.75) is 51.7 Å². The first-order valence-corrected chi connectivity index (χ1v) is 6.33. The number of fused-ring (bicyclic) bond motifs is 1. The first-order valence-electron chi connectivity index (χ1n) is 6.33. The van der Waals surface area contributed by atoms with E-state index in [0.717, 1.165) is 13.0 Å². The van der Waals surface area contributed by atoms with E-state index in [1.54, 1.807) is 0 Å². The molecule has 0 bridgehead atoms. The van der Waals surface area contributed by atoms with Crippen LogP contribution in [0, 0.1) is 5.41 Å². The van der Waals surface area contributed by atoms with Crippen LogP contribution < -0.4 is 0 Å². The standard InChI is InChI=1S/C14H25NO/c1-11-6-7-15-9-12(16-5)8-14(11,15)10-13(2,3)4/h12H,1,6-10H2,2-5H3/t12-,14?/m1/s1. The Morgan fingerprint density at radius 2 is 2.19 bits per heavy atom. The van der Waals surface area contributed by atoms with Crippen molar-refractivity contribution in [3.8, 4) is 0 Å². The summed E-state index contributed by atoms with van der Waals surface area (Å²) in [5.74, 6) is 0. The van der Waals surface area contributed by atoms with E-state index < -0.39 is 0 Å². The summed E-state index contributed by atoms with van der Waals surface area (Å²) in [5.41, 5.74) is 2.02.